The van der Waals surface area contributed by atoms with Crippen molar-refractivity contribution in [1.29, 1.82) is 0 Å². The number of phenols is 1. The summed E-state index contributed by atoms with van der Waals surface area (Å²) >= 11 is 0. The molecule has 348 valence electrons. The maximum Gasteiger partial charge on any atom is 0.294 e. The monoisotopic (exact) mass is 938 g/mol. The zero-order chi connectivity index (χ0) is 47.9. The summed E-state index contributed by atoms with van der Waals surface area (Å²) < 4.78 is 74.2. The lowest BCUT2D eigenvalue weighted by Gasteiger charge is -2.11. The van der Waals surface area contributed by atoms with Gasteiger partial charge in [0.1, 0.15) is 22.9 Å². The van der Waals surface area contributed by atoms with E-state index in [0.29, 0.717) is 46.7 Å². The second-order valence-corrected chi connectivity index (χ2v) is 18.4. The molecule has 0 spiro atoms. The Kier molecular flexibility index (Phi) is 18.1. The average Bonchev–Trinajstić information content (AvgIpc) is 3.28. The van der Waals surface area contributed by atoms with Crippen molar-refractivity contribution in [2.45, 2.75) is 71.1 Å². The number of ether oxygens (including phenoxy) is 2. The quantitative estimate of drug-likeness (QED) is 0.0340. The van der Waals surface area contributed by atoms with Gasteiger partial charge in [0.15, 0.2) is 5.75 Å². The fourth-order valence-corrected chi connectivity index (χ4v) is 7.46. The number of hydrogen-bond donors (Lipinski definition) is 4. The van der Waals surface area contributed by atoms with Gasteiger partial charge in [-0.3, -0.25) is 9.11 Å². The third-order valence-electron chi connectivity index (χ3n) is 10.1. The minimum Gasteiger partial charge on any atom is -0.505 e. The predicted molar refractivity (Wildman–Crippen MR) is 255 cm³/mol. The Morgan fingerprint density at radius 3 is 1.89 bits per heavy atom. The first-order chi connectivity index (χ1) is 31.5. The number of methoxy groups -OCH3 is 1. The van der Waals surface area contributed by atoms with Crippen LogP contribution in [0.2, 0.25) is 0 Å². The van der Waals surface area contributed by atoms with Crippen LogP contribution >= 0.6 is 0 Å². The van der Waals surface area contributed by atoms with Crippen LogP contribution in [0.15, 0.2) is 139 Å². The zero-order valence-corrected chi connectivity index (χ0v) is 39.1. The number of aliphatic hydroxyl groups excluding tert-OH is 1. The van der Waals surface area contributed by atoms with Gasteiger partial charge >= 0.3 is 0 Å². The van der Waals surface area contributed by atoms with Gasteiger partial charge in [0, 0.05) is 18.1 Å². The highest BCUT2D eigenvalue weighted by Gasteiger charge is 2.15. The standard InChI is InChI=1S/C37H38N6O9S2.C11H16O/c1-23-7-13-31-27(18-23)21-26(6-4-15-44)36(37(31)45)43-42-34-20-24(2)33(19-25(34)3)41-40-32-14-10-29(22-35(32)52-16-5-17-53(46,47)48)39-38-28-8-11-30(12-9-28)54(49,50)51;1-3-4-5-10-6-8-11(12-2)9-7-10/h7-14,18-22,44-45H,4-6,15-17H2,1-3H3,(H,46,47,48)(H,49,50,51);6-9H,3-5H2,1-2H3. The first-order valence-corrected chi connectivity index (χ1v) is 24.2. The number of benzene rings is 6. The summed E-state index contributed by atoms with van der Waals surface area (Å²) in [6.45, 7) is 7.77. The van der Waals surface area contributed by atoms with Crippen LogP contribution in [0.1, 0.15) is 60.4 Å². The maximum absolute atomic E-state index is 11.3. The van der Waals surface area contributed by atoms with E-state index in [1.54, 1.807) is 31.4 Å². The van der Waals surface area contributed by atoms with Gasteiger partial charge in [-0.1, -0.05) is 49.2 Å². The molecule has 0 saturated carbocycles. The Morgan fingerprint density at radius 2 is 1.27 bits per heavy atom. The number of aryl methyl sites for hydroxylation is 5. The molecule has 18 heteroatoms. The maximum atomic E-state index is 11.3. The van der Waals surface area contributed by atoms with Gasteiger partial charge in [0.25, 0.3) is 20.2 Å². The van der Waals surface area contributed by atoms with E-state index in [4.69, 9.17) is 14.0 Å². The van der Waals surface area contributed by atoms with Crippen molar-refractivity contribution in [2.75, 3.05) is 26.1 Å². The number of phenolic OH excluding ortho intramolecular Hbond substituents is 1. The second kappa shape index (κ2) is 23.7. The molecule has 4 N–H and O–H groups in total. The molecule has 0 aliphatic carbocycles. The Balaban J connectivity index is 0.000000590. The van der Waals surface area contributed by atoms with Gasteiger partial charge in [-0.05, 0) is 147 Å². The third kappa shape index (κ3) is 15.1. The normalized spacial score (nSPS) is 12.0. The Hall–Kier alpha value is -6.44. The SMILES string of the molecule is CCCCc1ccc(OC)cc1.Cc1ccc2c(O)c(N=Nc3cc(C)c(N=Nc4ccc(N=Nc5ccc(S(=O)(=O)O)cc5)cc4OCCCS(=O)(=O)O)cc3C)c(CCCO)cc2c1. The summed E-state index contributed by atoms with van der Waals surface area (Å²) in [5.74, 6) is 0.654. The van der Waals surface area contributed by atoms with Gasteiger partial charge in [0.2, 0.25) is 0 Å². The summed E-state index contributed by atoms with van der Waals surface area (Å²) in [5, 5.41) is 48.1. The van der Waals surface area contributed by atoms with Crippen LogP contribution in [0, 0.1) is 20.8 Å². The van der Waals surface area contributed by atoms with Crippen LogP contribution in [0.3, 0.4) is 0 Å². The minimum absolute atomic E-state index is 0.00479. The first kappa shape index (κ1) is 50.6. The lowest BCUT2D eigenvalue weighted by atomic mass is 9.99. The number of azo groups is 3. The Bertz CT molecular complexity index is 2920. The van der Waals surface area contributed by atoms with E-state index in [-0.39, 0.29) is 41.7 Å². The van der Waals surface area contributed by atoms with Gasteiger partial charge in [0.05, 0.1) is 47.1 Å². The van der Waals surface area contributed by atoms with Crippen LogP contribution in [-0.4, -0.2) is 62.2 Å². The number of hydrogen-bond acceptors (Lipinski definition) is 14. The van der Waals surface area contributed by atoms with Gasteiger partial charge in [-0.25, -0.2) is 0 Å². The van der Waals surface area contributed by atoms with Crippen LogP contribution in [0.4, 0.5) is 34.1 Å². The molecular weight excluding hydrogens is 885 g/mol. The van der Waals surface area contributed by atoms with E-state index in [9.17, 15) is 31.6 Å². The van der Waals surface area contributed by atoms with Crippen molar-refractivity contribution in [3.8, 4) is 17.2 Å². The lowest BCUT2D eigenvalue weighted by Crippen LogP contribution is -2.08. The molecular formula is C48H54N6O10S2. The van der Waals surface area contributed by atoms with Crippen LogP contribution in [-0.2, 0) is 33.1 Å². The molecule has 0 bridgehead atoms. The summed E-state index contributed by atoms with van der Waals surface area (Å²) in [7, 11) is -6.86. The van der Waals surface area contributed by atoms with Crippen LogP contribution in [0.25, 0.3) is 10.8 Å². The molecule has 0 aliphatic heterocycles. The molecule has 6 aromatic rings. The Labute approximate surface area is 385 Å². The fourth-order valence-electron chi connectivity index (χ4n) is 6.50. The van der Waals surface area contributed by atoms with E-state index in [2.05, 4.69) is 49.7 Å². The number of fused-ring (bicyclic) bond motifs is 1. The van der Waals surface area contributed by atoms with Crippen molar-refractivity contribution in [1.82, 2.24) is 0 Å². The molecule has 6 rings (SSSR count). The van der Waals surface area contributed by atoms with E-state index in [0.717, 1.165) is 33.4 Å². The third-order valence-corrected chi connectivity index (χ3v) is 11.8. The van der Waals surface area contributed by atoms with Crippen molar-refractivity contribution in [3.05, 3.63) is 131 Å². The molecule has 16 nitrogen and oxygen atoms in total. The van der Waals surface area contributed by atoms with Crippen LogP contribution < -0.4 is 9.47 Å². The van der Waals surface area contributed by atoms with E-state index in [1.807, 2.05) is 57.2 Å². The van der Waals surface area contributed by atoms with Gasteiger partial charge in [-0.2, -0.15) is 37.3 Å². The van der Waals surface area contributed by atoms with Crippen LogP contribution in [0.5, 0.6) is 17.2 Å². The number of aromatic hydroxyl groups is 1. The van der Waals surface area contributed by atoms with Crippen molar-refractivity contribution in [2.24, 2.45) is 30.7 Å². The first-order valence-electron chi connectivity index (χ1n) is 21.1. The minimum atomic E-state index is -4.36. The molecule has 0 atom stereocenters. The molecule has 6 aromatic carbocycles. The van der Waals surface area contributed by atoms with Gasteiger partial charge in [-0.15, -0.1) is 10.2 Å². The summed E-state index contributed by atoms with van der Waals surface area (Å²) in [6, 6.07) is 29.4. The summed E-state index contributed by atoms with van der Waals surface area (Å²) in [5.41, 5.74) is 7.00. The smallest absolute Gasteiger partial charge is 0.294 e. The molecule has 66 heavy (non-hydrogen) atoms. The molecule has 0 unspecified atom stereocenters. The van der Waals surface area contributed by atoms with E-state index < -0.39 is 26.0 Å². The fraction of sp³-hybridized carbons (Fsp3) is 0.292. The number of rotatable bonds is 19. The average molecular weight is 939 g/mol. The number of nitrogens with zero attached hydrogens (tertiary/aromatic N) is 6. The van der Waals surface area contributed by atoms with E-state index >= 15 is 0 Å². The van der Waals surface area contributed by atoms with E-state index in [1.165, 1.54) is 55.2 Å². The van der Waals surface area contributed by atoms with Crippen molar-refractivity contribution >= 4 is 65.1 Å². The number of aliphatic hydroxyl groups is 1. The lowest BCUT2D eigenvalue weighted by molar-refractivity contribution is 0.288. The zero-order valence-electron chi connectivity index (χ0n) is 37.4. The highest BCUT2D eigenvalue weighted by molar-refractivity contribution is 7.86. The largest absolute Gasteiger partial charge is 0.505 e. The highest BCUT2D eigenvalue weighted by Crippen LogP contribution is 2.41. The summed E-state index contributed by atoms with van der Waals surface area (Å²) in [4.78, 5) is -0.290. The topological polar surface area (TPSA) is 242 Å². The van der Waals surface area contributed by atoms with Gasteiger partial charge < -0.3 is 19.7 Å². The highest BCUT2D eigenvalue weighted by atomic mass is 32.2. The molecule has 0 heterocycles. The Morgan fingerprint density at radius 1 is 0.636 bits per heavy atom. The second-order valence-electron chi connectivity index (χ2n) is 15.4. The van der Waals surface area contributed by atoms with Crippen molar-refractivity contribution in [3.63, 3.8) is 0 Å². The molecule has 0 fully saturated rings. The molecule has 0 amide bonds. The predicted octanol–water partition coefficient (Wildman–Crippen LogP) is 12.6. The summed E-state index contributed by atoms with van der Waals surface area (Å²) in [6.07, 6.45) is 4.70. The molecule has 0 aromatic heterocycles. The molecule has 0 aliphatic rings. The number of unbranched alkanes of at least 4 members (excludes halogenated alkanes) is 1. The van der Waals surface area contributed by atoms with Crippen molar-refractivity contribution < 1.29 is 45.6 Å². The molecule has 0 radical (unpaired) electrons. The molecule has 0 saturated heterocycles.